The number of rotatable bonds is 0. The smallest absolute Gasteiger partial charge is 0 e. The van der Waals surface area contributed by atoms with Gasteiger partial charge in [0.25, 0.3) is 0 Å². The Morgan fingerprint density at radius 1 is 0.909 bits per heavy atom. The molecule has 0 spiro atoms. The molecule has 0 aromatic heterocycles. The minimum absolute atomic E-state index is 0. The maximum absolute atomic E-state index is 7.50. The Morgan fingerprint density at radius 3 is 1.27 bits per heavy atom. The van der Waals surface area contributed by atoms with Crippen LogP contribution in [-0.4, -0.2) is 0 Å². The van der Waals surface area contributed by atoms with Gasteiger partial charge in [0.15, 0.2) is 0 Å². The molecule has 0 aliphatic rings. The van der Waals surface area contributed by atoms with E-state index in [0.717, 1.165) is 0 Å². The van der Waals surface area contributed by atoms with E-state index in [0.29, 0.717) is 0 Å². The van der Waals surface area contributed by atoms with Gasteiger partial charge in [-0.1, -0.05) is 0 Å². The van der Waals surface area contributed by atoms with Gasteiger partial charge in [0.05, 0.1) is 0 Å². The third-order valence-electron chi connectivity index (χ3n) is 0.556. The van der Waals surface area contributed by atoms with Crippen LogP contribution in [0.5, 0.6) is 0 Å². The van der Waals surface area contributed by atoms with Crippen molar-refractivity contribution in [1.82, 2.24) is 0 Å². The van der Waals surface area contributed by atoms with Gasteiger partial charge in [-0.05, 0) is 0 Å². The zero-order chi connectivity index (χ0) is 7.54. The maximum Gasteiger partial charge on any atom is 0 e. The summed E-state index contributed by atoms with van der Waals surface area (Å²) in [5.74, 6) is 0. The quantitative estimate of drug-likeness (QED) is 0.268. The Bertz CT molecular complexity index is 123. The SMILES string of the molecule is P.[C-]#[O+].[C-]#[O+].[Mn].c1cc[cH-]c1. The normalized spacial score (nSPS) is 4.00. The van der Waals surface area contributed by atoms with Crippen molar-refractivity contribution in [2.24, 2.45) is 0 Å². The van der Waals surface area contributed by atoms with Crippen LogP contribution < -0.4 is 0 Å². The Labute approximate surface area is 80.3 Å². The molecule has 0 aliphatic carbocycles. The van der Waals surface area contributed by atoms with Gasteiger partial charge < -0.3 is 0 Å². The zero-order valence-electron chi connectivity index (χ0n) is 5.79. The molecule has 1 unspecified atom stereocenters. The average molecular weight is 210 g/mol. The Hall–Kier alpha value is -0.221. The fourth-order valence-electron chi connectivity index (χ4n) is 0.321. The fraction of sp³-hybridized carbons (Fsp3) is 0. The van der Waals surface area contributed by atoms with Crippen molar-refractivity contribution in [1.29, 1.82) is 0 Å². The first-order valence-corrected chi connectivity index (χ1v) is 2.07. The van der Waals surface area contributed by atoms with Gasteiger partial charge in [-0.3, -0.25) is 0 Å². The van der Waals surface area contributed by atoms with E-state index in [4.69, 9.17) is 9.30 Å². The van der Waals surface area contributed by atoms with Crippen LogP contribution in [0.4, 0.5) is 0 Å². The Balaban J connectivity index is -0.0000000369. The van der Waals surface area contributed by atoms with Gasteiger partial charge in [0, 0.05) is 17.1 Å². The Kier molecular flexibility index (Phi) is 67.3. The topological polar surface area (TPSA) is 39.8 Å². The van der Waals surface area contributed by atoms with Gasteiger partial charge in [0.1, 0.15) is 0 Å². The van der Waals surface area contributed by atoms with E-state index >= 15 is 0 Å². The van der Waals surface area contributed by atoms with E-state index in [1.54, 1.807) is 0 Å². The number of hydrogen-bond acceptors (Lipinski definition) is 0. The number of hydrogen-bond donors (Lipinski definition) is 0. The van der Waals surface area contributed by atoms with Gasteiger partial charge in [-0.25, -0.2) is 12.1 Å². The molecule has 0 bridgehead atoms. The molecule has 1 aromatic rings. The van der Waals surface area contributed by atoms with E-state index in [-0.39, 0.29) is 27.0 Å². The molecule has 11 heavy (non-hydrogen) atoms. The summed E-state index contributed by atoms with van der Waals surface area (Å²) >= 11 is 0. The van der Waals surface area contributed by atoms with E-state index in [2.05, 4.69) is 13.3 Å². The van der Waals surface area contributed by atoms with Crippen molar-refractivity contribution in [3.63, 3.8) is 0 Å². The van der Waals surface area contributed by atoms with Crippen LogP contribution in [0.1, 0.15) is 0 Å². The van der Waals surface area contributed by atoms with Crippen molar-refractivity contribution in [3.8, 4) is 0 Å². The van der Waals surface area contributed by atoms with Crippen LogP contribution in [0.2, 0.25) is 0 Å². The molecular weight excluding hydrogens is 202 g/mol. The molecule has 61 valence electrons. The summed E-state index contributed by atoms with van der Waals surface area (Å²) in [5.41, 5.74) is 0. The van der Waals surface area contributed by atoms with Crippen LogP contribution in [0.25, 0.3) is 0 Å². The van der Waals surface area contributed by atoms with Crippen molar-refractivity contribution in [2.45, 2.75) is 0 Å². The molecular formula is C7H8MnO2P-. The van der Waals surface area contributed by atoms with Crippen LogP contribution in [-0.2, 0) is 26.4 Å². The van der Waals surface area contributed by atoms with Crippen molar-refractivity contribution in [2.75, 3.05) is 0 Å². The fourth-order valence-corrected chi connectivity index (χ4v) is 0.321. The molecule has 2 nitrogen and oxygen atoms in total. The third kappa shape index (κ3) is 25.9. The second-order valence-corrected chi connectivity index (χ2v) is 0.962. The van der Waals surface area contributed by atoms with Crippen molar-refractivity contribution in [3.05, 3.63) is 43.6 Å². The van der Waals surface area contributed by atoms with Gasteiger partial charge in [-0.15, -0.1) is 0 Å². The molecule has 0 heterocycles. The molecule has 0 aliphatic heterocycles. The monoisotopic (exact) mass is 210 g/mol. The van der Waals surface area contributed by atoms with Crippen LogP contribution in [0.3, 0.4) is 0 Å². The van der Waals surface area contributed by atoms with Gasteiger partial charge in [-0.2, -0.15) is 28.1 Å². The third-order valence-corrected chi connectivity index (χ3v) is 0.556. The molecule has 1 atom stereocenters. The van der Waals surface area contributed by atoms with Crippen molar-refractivity contribution < 1.29 is 26.4 Å². The summed E-state index contributed by atoms with van der Waals surface area (Å²) in [6, 6.07) is 10.0. The molecule has 0 saturated heterocycles. The first-order valence-electron chi connectivity index (χ1n) is 2.07. The summed E-state index contributed by atoms with van der Waals surface area (Å²) in [6.07, 6.45) is 0. The molecule has 4 heteroatoms. The van der Waals surface area contributed by atoms with E-state index in [1.165, 1.54) is 0 Å². The van der Waals surface area contributed by atoms with E-state index in [1.807, 2.05) is 30.3 Å². The summed E-state index contributed by atoms with van der Waals surface area (Å²) in [7, 11) is 0. The maximum atomic E-state index is 7.50. The van der Waals surface area contributed by atoms with Crippen LogP contribution >= 0.6 is 9.90 Å². The summed E-state index contributed by atoms with van der Waals surface area (Å²) in [4.78, 5) is 0. The first kappa shape index (κ1) is 22.4. The van der Waals surface area contributed by atoms with E-state index < -0.39 is 0 Å². The average Bonchev–Trinajstić information content (AvgIpc) is 2.51. The minimum Gasteiger partial charge on any atom is -0.214 e. The van der Waals surface area contributed by atoms with Crippen LogP contribution in [0, 0.1) is 13.3 Å². The second-order valence-electron chi connectivity index (χ2n) is 0.962. The second kappa shape index (κ2) is 33.0. The molecule has 0 N–H and O–H groups in total. The molecule has 1 radical (unpaired) electrons. The first-order chi connectivity index (χ1) is 4.50. The summed E-state index contributed by atoms with van der Waals surface area (Å²) < 4.78 is 15.0. The van der Waals surface area contributed by atoms with E-state index in [9.17, 15) is 0 Å². The predicted octanol–water partition coefficient (Wildman–Crippen LogP) is 1.39. The molecule has 0 fully saturated rings. The van der Waals surface area contributed by atoms with Crippen molar-refractivity contribution >= 4 is 9.90 Å². The molecule has 0 amide bonds. The molecule has 1 aromatic carbocycles. The Morgan fingerprint density at radius 2 is 1.18 bits per heavy atom. The van der Waals surface area contributed by atoms with Gasteiger partial charge in [0.2, 0.25) is 0 Å². The zero-order valence-corrected chi connectivity index (χ0v) is 8.38. The van der Waals surface area contributed by atoms with Crippen LogP contribution in [0.15, 0.2) is 30.3 Å². The summed E-state index contributed by atoms with van der Waals surface area (Å²) in [6.45, 7) is 9.00. The van der Waals surface area contributed by atoms with Gasteiger partial charge >= 0.3 is 22.6 Å². The minimum atomic E-state index is 0. The summed E-state index contributed by atoms with van der Waals surface area (Å²) in [5, 5.41) is 0. The molecule has 0 saturated carbocycles. The largest absolute Gasteiger partial charge is 0.214 e. The predicted molar refractivity (Wildman–Crippen MR) is 41.0 cm³/mol. The molecule has 1 rings (SSSR count). The standard InChI is InChI=1S/C5H5.2CO.Mn.H3P/c1-2-4-5-3-1;2*1-2;;/h1-5H;;;;1H3/q-1;;;;.